The maximum absolute atomic E-state index is 12.8. The zero-order valence-electron chi connectivity index (χ0n) is 15.2. The van der Waals surface area contributed by atoms with Gasteiger partial charge in [-0.05, 0) is 45.0 Å². The number of nitrogens with zero attached hydrogens (tertiary/aromatic N) is 1. The SMILES string of the molecule is CCNC(=NCC(C)(C)OC)NCC(O)COc1ccc(F)cc1.I. The fourth-order valence-corrected chi connectivity index (χ4v) is 1.67. The highest BCUT2D eigenvalue weighted by atomic mass is 127. The third kappa shape index (κ3) is 10.5. The molecule has 0 saturated heterocycles. The Bertz CT molecular complexity index is 512. The Morgan fingerprint density at radius 2 is 1.92 bits per heavy atom. The normalized spacial score (nSPS) is 13.0. The van der Waals surface area contributed by atoms with E-state index in [0.29, 0.717) is 24.8 Å². The highest BCUT2D eigenvalue weighted by molar-refractivity contribution is 14.0. The number of aliphatic imine (C=N–C) groups is 1. The van der Waals surface area contributed by atoms with Gasteiger partial charge in [0.05, 0.1) is 12.1 Å². The van der Waals surface area contributed by atoms with Gasteiger partial charge in [0.1, 0.15) is 24.3 Å². The lowest BCUT2D eigenvalue weighted by Gasteiger charge is -2.21. The molecule has 0 saturated carbocycles. The molecule has 1 aromatic rings. The Balaban J connectivity index is 0.00000576. The molecule has 1 aromatic carbocycles. The fourth-order valence-electron chi connectivity index (χ4n) is 1.67. The summed E-state index contributed by atoms with van der Waals surface area (Å²) < 4.78 is 23.5. The van der Waals surface area contributed by atoms with E-state index in [0.717, 1.165) is 0 Å². The molecule has 0 heterocycles. The van der Waals surface area contributed by atoms with E-state index in [4.69, 9.17) is 9.47 Å². The Morgan fingerprint density at radius 3 is 2.48 bits per heavy atom. The molecule has 0 radical (unpaired) electrons. The van der Waals surface area contributed by atoms with Crippen LogP contribution in [0.5, 0.6) is 5.75 Å². The predicted molar refractivity (Wildman–Crippen MR) is 108 cm³/mol. The molecule has 1 atom stereocenters. The highest BCUT2D eigenvalue weighted by Gasteiger charge is 2.16. The van der Waals surface area contributed by atoms with Crippen LogP contribution in [0.25, 0.3) is 0 Å². The number of hydrogen-bond donors (Lipinski definition) is 3. The summed E-state index contributed by atoms with van der Waals surface area (Å²) in [6.45, 7) is 7.44. The standard InChI is InChI=1S/C17H28FN3O3.HI/c1-5-19-16(21-12-17(2,3)23-4)20-10-14(22)11-24-15-8-6-13(18)7-9-15;/h6-9,14,22H,5,10-12H2,1-4H3,(H2,19,20,21);1H. The molecule has 0 aliphatic rings. The largest absolute Gasteiger partial charge is 0.491 e. The summed E-state index contributed by atoms with van der Waals surface area (Å²) >= 11 is 0. The smallest absolute Gasteiger partial charge is 0.191 e. The van der Waals surface area contributed by atoms with Crippen LogP contribution in [0.2, 0.25) is 0 Å². The second-order valence-corrected chi connectivity index (χ2v) is 5.96. The molecular formula is C17H29FIN3O3. The maximum atomic E-state index is 12.8. The number of guanidine groups is 1. The van der Waals surface area contributed by atoms with Crippen molar-refractivity contribution in [3.63, 3.8) is 0 Å². The summed E-state index contributed by atoms with van der Waals surface area (Å²) in [6.07, 6.45) is -0.727. The van der Waals surface area contributed by atoms with Crippen molar-refractivity contribution in [1.29, 1.82) is 0 Å². The minimum absolute atomic E-state index is 0. The van der Waals surface area contributed by atoms with Gasteiger partial charge in [-0.1, -0.05) is 0 Å². The molecule has 0 amide bonds. The topological polar surface area (TPSA) is 75.1 Å². The van der Waals surface area contributed by atoms with Crippen molar-refractivity contribution >= 4 is 29.9 Å². The van der Waals surface area contributed by atoms with E-state index in [-0.39, 0.29) is 48.5 Å². The second kappa shape index (κ2) is 12.3. The van der Waals surface area contributed by atoms with Gasteiger partial charge in [0.15, 0.2) is 5.96 Å². The first-order valence-electron chi connectivity index (χ1n) is 8.00. The van der Waals surface area contributed by atoms with Crippen LogP contribution >= 0.6 is 24.0 Å². The molecule has 0 aromatic heterocycles. The van der Waals surface area contributed by atoms with E-state index in [9.17, 15) is 9.50 Å². The lowest BCUT2D eigenvalue weighted by atomic mass is 10.1. The first-order chi connectivity index (χ1) is 11.4. The van der Waals surface area contributed by atoms with Crippen LogP contribution in [-0.2, 0) is 4.74 Å². The third-order valence-electron chi connectivity index (χ3n) is 3.28. The molecule has 1 rings (SSSR count). The number of aliphatic hydroxyl groups excluding tert-OH is 1. The molecule has 0 aliphatic heterocycles. The fraction of sp³-hybridized carbons (Fsp3) is 0.588. The van der Waals surface area contributed by atoms with Crippen LogP contribution in [0, 0.1) is 5.82 Å². The van der Waals surface area contributed by atoms with E-state index >= 15 is 0 Å². The summed E-state index contributed by atoms with van der Waals surface area (Å²) in [5.41, 5.74) is -0.355. The molecule has 0 aliphatic carbocycles. The predicted octanol–water partition coefficient (Wildman–Crippen LogP) is 2.16. The summed E-state index contributed by atoms with van der Waals surface area (Å²) in [7, 11) is 1.65. The van der Waals surface area contributed by atoms with E-state index < -0.39 is 6.10 Å². The molecule has 0 spiro atoms. The van der Waals surface area contributed by atoms with Gasteiger partial charge in [0, 0.05) is 20.2 Å². The van der Waals surface area contributed by atoms with E-state index in [1.165, 1.54) is 24.3 Å². The van der Waals surface area contributed by atoms with Crippen LogP contribution in [0.4, 0.5) is 4.39 Å². The summed E-state index contributed by atoms with van der Waals surface area (Å²) in [6, 6.07) is 5.67. The van der Waals surface area contributed by atoms with Gasteiger partial charge < -0.3 is 25.2 Å². The molecule has 25 heavy (non-hydrogen) atoms. The summed E-state index contributed by atoms with van der Waals surface area (Å²) in [5.74, 6) is 0.788. The van der Waals surface area contributed by atoms with Crippen LogP contribution in [0.15, 0.2) is 29.3 Å². The van der Waals surface area contributed by atoms with Crippen molar-refractivity contribution in [2.24, 2.45) is 4.99 Å². The molecule has 0 bridgehead atoms. The first kappa shape index (κ1) is 23.9. The average molecular weight is 469 g/mol. The molecule has 1 unspecified atom stereocenters. The van der Waals surface area contributed by atoms with Gasteiger partial charge in [0.2, 0.25) is 0 Å². The minimum atomic E-state index is -0.727. The van der Waals surface area contributed by atoms with Crippen LogP contribution in [-0.4, -0.2) is 56.1 Å². The molecule has 0 fully saturated rings. The van der Waals surface area contributed by atoms with Crippen LogP contribution in [0.1, 0.15) is 20.8 Å². The van der Waals surface area contributed by atoms with Crippen molar-refractivity contribution in [2.75, 3.05) is 33.4 Å². The van der Waals surface area contributed by atoms with Crippen molar-refractivity contribution in [3.8, 4) is 5.75 Å². The van der Waals surface area contributed by atoms with Gasteiger partial charge in [-0.2, -0.15) is 0 Å². The lowest BCUT2D eigenvalue weighted by Crippen LogP contribution is -2.43. The van der Waals surface area contributed by atoms with Gasteiger partial charge in [-0.25, -0.2) is 4.39 Å². The zero-order chi connectivity index (χ0) is 18.0. The zero-order valence-corrected chi connectivity index (χ0v) is 17.5. The van der Waals surface area contributed by atoms with E-state index in [1.807, 2.05) is 20.8 Å². The van der Waals surface area contributed by atoms with Gasteiger partial charge >= 0.3 is 0 Å². The molecular weight excluding hydrogens is 440 g/mol. The number of nitrogens with one attached hydrogen (secondary N) is 2. The summed E-state index contributed by atoms with van der Waals surface area (Å²) in [4.78, 5) is 4.43. The monoisotopic (exact) mass is 469 g/mol. The lowest BCUT2D eigenvalue weighted by molar-refractivity contribution is 0.0310. The molecule has 3 N–H and O–H groups in total. The van der Waals surface area contributed by atoms with Crippen LogP contribution in [0.3, 0.4) is 0 Å². The van der Waals surface area contributed by atoms with Gasteiger partial charge in [-0.3, -0.25) is 4.99 Å². The Hall–Kier alpha value is -1.13. The summed E-state index contributed by atoms with van der Waals surface area (Å²) in [5, 5.41) is 16.1. The average Bonchev–Trinajstić information content (AvgIpc) is 2.57. The third-order valence-corrected chi connectivity index (χ3v) is 3.28. The number of methoxy groups -OCH3 is 1. The number of rotatable bonds is 9. The number of hydrogen-bond acceptors (Lipinski definition) is 4. The maximum Gasteiger partial charge on any atom is 0.191 e. The van der Waals surface area contributed by atoms with Crippen molar-refractivity contribution in [1.82, 2.24) is 10.6 Å². The Kier molecular flexibility index (Phi) is 11.7. The van der Waals surface area contributed by atoms with Crippen molar-refractivity contribution in [3.05, 3.63) is 30.1 Å². The van der Waals surface area contributed by atoms with Gasteiger partial charge in [-0.15, -0.1) is 24.0 Å². The van der Waals surface area contributed by atoms with E-state index in [2.05, 4.69) is 15.6 Å². The highest BCUT2D eigenvalue weighted by Crippen LogP contribution is 2.11. The second-order valence-electron chi connectivity index (χ2n) is 5.96. The van der Waals surface area contributed by atoms with Crippen molar-refractivity contribution < 1.29 is 19.0 Å². The number of aliphatic hydroxyl groups is 1. The first-order valence-corrected chi connectivity index (χ1v) is 8.00. The Morgan fingerprint density at radius 1 is 1.28 bits per heavy atom. The van der Waals surface area contributed by atoms with Crippen LogP contribution < -0.4 is 15.4 Å². The molecule has 8 heteroatoms. The number of ether oxygens (including phenoxy) is 2. The molecule has 144 valence electrons. The quantitative estimate of drug-likeness (QED) is 0.294. The molecule has 6 nitrogen and oxygen atoms in total. The Labute approximate surface area is 166 Å². The minimum Gasteiger partial charge on any atom is -0.491 e. The van der Waals surface area contributed by atoms with Crippen molar-refractivity contribution in [2.45, 2.75) is 32.5 Å². The van der Waals surface area contributed by atoms with Gasteiger partial charge in [0.25, 0.3) is 0 Å². The number of benzene rings is 1. The number of halogens is 2. The van der Waals surface area contributed by atoms with E-state index in [1.54, 1.807) is 7.11 Å².